The maximum absolute atomic E-state index is 12.2. The van der Waals surface area contributed by atoms with E-state index in [1.54, 1.807) is 24.3 Å². The van der Waals surface area contributed by atoms with Crippen LogP contribution in [-0.2, 0) is 11.8 Å². The Balaban J connectivity index is 1.97. The molecule has 1 aromatic carbocycles. The predicted octanol–water partition coefficient (Wildman–Crippen LogP) is 3.47. The molecule has 1 aromatic heterocycles. The molecule has 0 aliphatic rings. The summed E-state index contributed by atoms with van der Waals surface area (Å²) in [5, 5.41) is 0. The van der Waals surface area contributed by atoms with Crippen LogP contribution in [0.2, 0.25) is 0 Å². The van der Waals surface area contributed by atoms with Gasteiger partial charge in [-0.2, -0.15) is 0 Å². The van der Waals surface area contributed by atoms with Crippen molar-refractivity contribution in [1.29, 1.82) is 0 Å². The fraction of sp³-hybridized carbons (Fsp3) is 0.368. The van der Waals surface area contributed by atoms with Crippen molar-refractivity contribution >= 4 is 11.8 Å². The summed E-state index contributed by atoms with van der Waals surface area (Å²) >= 11 is 0. The fourth-order valence-corrected chi connectivity index (χ4v) is 2.37. The zero-order chi connectivity index (χ0) is 17.9. The molecule has 24 heavy (non-hydrogen) atoms. The van der Waals surface area contributed by atoms with E-state index in [1.165, 1.54) is 0 Å². The second-order valence-electron chi connectivity index (χ2n) is 6.03. The van der Waals surface area contributed by atoms with Crippen LogP contribution in [-0.4, -0.2) is 29.0 Å². The number of carbonyl (C=O) groups excluding carboxylic acids is 2. The van der Waals surface area contributed by atoms with Crippen LogP contribution in [0.25, 0.3) is 0 Å². The third-order valence-corrected chi connectivity index (χ3v) is 3.87. The van der Waals surface area contributed by atoms with Crippen LogP contribution in [0.5, 0.6) is 5.75 Å². The van der Waals surface area contributed by atoms with Crippen molar-refractivity contribution < 1.29 is 19.1 Å². The number of carbonyl (C=O) groups is 2. The predicted molar refractivity (Wildman–Crippen MR) is 91.7 cm³/mol. The van der Waals surface area contributed by atoms with E-state index in [0.717, 1.165) is 11.4 Å². The summed E-state index contributed by atoms with van der Waals surface area (Å²) in [6, 6.07) is 8.49. The highest BCUT2D eigenvalue weighted by Gasteiger charge is 2.16. The van der Waals surface area contributed by atoms with Crippen LogP contribution >= 0.6 is 0 Å². The minimum Gasteiger partial charge on any atom is -0.491 e. The van der Waals surface area contributed by atoms with Crippen LogP contribution in [0.1, 0.15) is 46.0 Å². The minimum atomic E-state index is -0.523. The zero-order valence-electron chi connectivity index (χ0n) is 14.8. The molecule has 0 amide bonds. The first kappa shape index (κ1) is 17.8. The molecule has 0 fully saturated rings. The fourth-order valence-electron chi connectivity index (χ4n) is 2.37. The Labute approximate surface area is 142 Å². The smallest absolute Gasteiger partial charge is 0.338 e. The lowest BCUT2D eigenvalue weighted by atomic mass is 10.1. The maximum Gasteiger partial charge on any atom is 0.338 e. The van der Waals surface area contributed by atoms with E-state index < -0.39 is 5.97 Å². The standard InChI is InChI=1S/C19H23NO4/c1-12(2)24-16-8-6-15(7-9-16)19(22)23-11-18(21)17-10-13(3)20(5)14(17)4/h6-10,12H,11H2,1-5H3. The average Bonchev–Trinajstić information content (AvgIpc) is 2.80. The SMILES string of the molecule is Cc1cc(C(=O)COC(=O)c2ccc(OC(C)C)cc2)c(C)n1C. The van der Waals surface area contributed by atoms with E-state index in [0.29, 0.717) is 16.9 Å². The van der Waals surface area contributed by atoms with Gasteiger partial charge >= 0.3 is 5.97 Å². The Morgan fingerprint density at radius 1 is 1.12 bits per heavy atom. The summed E-state index contributed by atoms with van der Waals surface area (Å²) in [6.45, 7) is 7.39. The minimum absolute atomic E-state index is 0.0676. The summed E-state index contributed by atoms with van der Waals surface area (Å²) in [4.78, 5) is 24.3. The van der Waals surface area contributed by atoms with Crippen LogP contribution in [0, 0.1) is 13.8 Å². The second kappa shape index (κ2) is 7.34. The van der Waals surface area contributed by atoms with Gasteiger partial charge in [-0.05, 0) is 58.0 Å². The molecular weight excluding hydrogens is 306 g/mol. The van der Waals surface area contributed by atoms with Crippen molar-refractivity contribution in [2.45, 2.75) is 33.8 Å². The third-order valence-electron chi connectivity index (χ3n) is 3.87. The Morgan fingerprint density at radius 3 is 2.25 bits per heavy atom. The molecule has 0 bridgehead atoms. The molecule has 0 spiro atoms. The number of rotatable bonds is 6. The van der Waals surface area contributed by atoms with Gasteiger partial charge in [-0.3, -0.25) is 4.79 Å². The van der Waals surface area contributed by atoms with E-state index in [-0.39, 0.29) is 18.5 Å². The Kier molecular flexibility index (Phi) is 5.44. The molecule has 0 saturated heterocycles. The molecule has 0 saturated carbocycles. The van der Waals surface area contributed by atoms with Crippen molar-refractivity contribution in [3.8, 4) is 5.75 Å². The van der Waals surface area contributed by atoms with Crippen molar-refractivity contribution in [3.63, 3.8) is 0 Å². The molecule has 0 radical (unpaired) electrons. The van der Waals surface area contributed by atoms with Gasteiger partial charge in [0, 0.05) is 24.0 Å². The summed E-state index contributed by atoms with van der Waals surface area (Å²) < 4.78 is 12.6. The maximum atomic E-state index is 12.2. The number of Topliss-reactive ketones (excluding diaryl/α,β-unsaturated/α-hetero) is 1. The van der Waals surface area contributed by atoms with Gasteiger partial charge < -0.3 is 14.0 Å². The van der Waals surface area contributed by atoms with Gasteiger partial charge in [0.25, 0.3) is 0 Å². The van der Waals surface area contributed by atoms with Crippen molar-refractivity contribution in [1.82, 2.24) is 4.57 Å². The highest BCUT2D eigenvalue weighted by Crippen LogP contribution is 2.16. The number of ketones is 1. The van der Waals surface area contributed by atoms with E-state index >= 15 is 0 Å². The number of benzene rings is 1. The van der Waals surface area contributed by atoms with Crippen LogP contribution in [0.3, 0.4) is 0 Å². The van der Waals surface area contributed by atoms with Crippen LogP contribution in [0.15, 0.2) is 30.3 Å². The van der Waals surface area contributed by atoms with Crippen LogP contribution < -0.4 is 4.74 Å². The van der Waals surface area contributed by atoms with Gasteiger partial charge in [0.2, 0.25) is 5.78 Å². The topological polar surface area (TPSA) is 57.5 Å². The molecule has 128 valence electrons. The molecule has 5 nitrogen and oxygen atoms in total. The quantitative estimate of drug-likeness (QED) is 0.601. The number of aryl methyl sites for hydroxylation is 1. The Bertz CT molecular complexity index is 741. The lowest BCUT2D eigenvalue weighted by molar-refractivity contribution is 0.0474. The number of ether oxygens (including phenoxy) is 2. The molecule has 1 heterocycles. The molecule has 5 heteroatoms. The van der Waals surface area contributed by atoms with Gasteiger partial charge in [0.05, 0.1) is 11.7 Å². The largest absolute Gasteiger partial charge is 0.491 e. The average molecular weight is 329 g/mol. The third kappa shape index (κ3) is 4.04. The monoisotopic (exact) mass is 329 g/mol. The first-order valence-corrected chi connectivity index (χ1v) is 7.89. The number of hydrogen-bond acceptors (Lipinski definition) is 4. The highest BCUT2D eigenvalue weighted by atomic mass is 16.5. The van der Waals surface area contributed by atoms with E-state index in [9.17, 15) is 9.59 Å². The molecule has 0 unspecified atom stereocenters. The summed E-state index contributed by atoms with van der Waals surface area (Å²) in [5.74, 6) is -0.0397. The number of esters is 1. The van der Waals surface area contributed by atoms with Gasteiger partial charge in [-0.15, -0.1) is 0 Å². The van der Waals surface area contributed by atoms with Crippen molar-refractivity contribution in [2.75, 3.05) is 6.61 Å². The Morgan fingerprint density at radius 2 is 1.75 bits per heavy atom. The first-order valence-electron chi connectivity index (χ1n) is 7.89. The molecule has 2 rings (SSSR count). The number of nitrogens with zero attached hydrogens (tertiary/aromatic N) is 1. The number of aromatic nitrogens is 1. The molecule has 0 aliphatic carbocycles. The first-order chi connectivity index (χ1) is 11.3. The molecule has 0 N–H and O–H groups in total. The zero-order valence-corrected chi connectivity index (χ0v) is 14.8. The molecule has 2 aromatic rings. The van der Waals surface area contributed by atoms with E-state index in [2.05, 4.69) is 0 Å². The highest BCUT2D eigenvalue weighted by molar-refractivity contribution is 6.00. The van der Waals surface area contributed by atoms with Gasteiger partial charge in [0.15, 0.2) is 6.61 Å². The van der Waals surface area contributed by atoms with Crippen molar-refractivity contribution in [3.05, 3.63) is 52.8 Å². The van der Waals surface area contributed by atoms with Crippen LogP contribution in [0.4, 0.5) is 0 Å². The van der Waals surface area contributed by atoms with Gasteiger partial charge in [-0.25, -0.2) is 4.79 Å². The summed E-state index contributed by atoms with van der Waals surface area (Å²) in [5.41, 5.74) is 2.83. The summed E-state index contributed by atoms with van der Waals surface area (Å²) in [7, 11) is 1.90. The normalized spacial score (nSPS) is 10.8. The number of hydrogen-bond donors (Lipinski definition) is 0. The van der Waals surface area contributed by atoms with Crippen molar-refractivity contribution in [2.24, 2.45) is 7.05 Å². The van der Waals surface area contributed by atoms with E-state index in [1.807, 2.05) is 45.4 Å². The molecular formula is C19H23NO4. The van der Waals surface area contributed by atoms with Gasteiger partial charge in [0.1, 0.15) is 5.75 Å². The summed E-state index contributed by atoms with van der Waals surface area (Å²) in [6.07, 6.45) is 0.0676. The molecule has 0 atom stereocenters. The lowest BCUT2D eigenvalue weighted by Gasteiger charge is -2.10. The van der Waals surface area contributed by atoms with E-state index in [4.69, 9.17) is 9.47 Å². The second-order valence-corrected chi connectivity index (χ2v) is 6.03. The Hall–Kier alpha value is -2.56. The molecule has 0 aliphatic heterocycles. The van der Waals surface area contributed by atoms with Gasteiger partial charge in [-0.1, -0.05) is 0 Å². The lowest BCUT2D eigenvalue weighted by Crippen LogP contribution is -2.15.